The molecule has 0 saturated heterocycles. The van der Waals surface area contributed by atoms with Gasteiger partial charge in [0.1, 0.15) is 5.60 Å². The number of aliphatic hydroxyl groups is 1. The Balaban J connectivity index is 2.06. The van der Waals surface area contributed by atoms with Crippen molar-refractivity contribution in [3.05, 3.63) is 38.8 Å². The molecule has 0 saturated carbocycles. The molecular formula is C14H16BrClN2OS2. The lowest BCUT2D eigenvalue weighted by Crippen LogP contribution is -2.23. The van der Waals surface area contributed by atoms with Gasteiger partial charge in [0.05, 0.1) is 10.7 Å². The second-order valence-electron chi connectivity index (χ2n) is 4.56. The molecule has 0 aliphatic carbocycles. The minimum atomic E-state index is -0.837. The third kappa shape index (κ3) is 4.13. The van der Waals surface area contributed by atoms with E-state index in [1.807, 2.05) is 37.4 Å². The molecule has 2 N–H and O–H groups in total. The van der Waals surface area contributed by atoms with E-state index in [0.717, 1.165) is 20.2 Å². The van der Waals surface area contributed by atoms with Crippen molar-refractivity contribution in [1.29, 1.82) is 0 Å². The number of benzene rings is 1. The lowest BCUT2D eigenvalue weighted by Gasteiger charge is -2.22. The first-order chi connectivity index (χ1) is 9.98. The van der Waals surface area contributed by atoms with E-state index in [-0.39, 0.29) is 0 Å². The highest BCUT2D eigenvalue weighted by molar-refractivity contribution is 9.10. The van der Waals surface area contributed by atoms with Gasteiger partial charge in [-0.1, -0.05) is 41.4 Å². The smallest absolute Gasteiger partial charge is 0.193 e. The Morgan fingerprint density at radius 3 is 2.76 bits per heavy atom. The number of hydrogen-bond donors (Lipinski definition) is 2. The van der Waals surface area contributed by atoms with E-state index < -0.39 is 5.60 Å². The minimum absolute atomic E-state index is 0.651. The highest BCUT2D eigenvalue weighted by Crippen LogP contribution is 2.34. The van der Waals surface area contributed by atoms with Crippen LogP contribution < -0.4 is 4.72 Å². The first-order valence-corrected chi connectivity index (χ1v) is 9.41. The average Bonchev–Trinajstić information content (AvgIpc) is 2.95. The molecule has 2 aromatic rings. The normalized spacial score (nSPS) is 11.7. The molecule has 0 spiro atoms. The molecule has 0 unspecified atom stereocenters. The standard InChI is InChI=1S/C14H16BrClN2OS2/c1-3-14(19,4-2)12-8-20-13(17-12)18-21-11-6-5-9(15)7-10(11)16/h5-8,19H,3-4H2,1-2H3,(H,17,18). The molecule has 0 radical (unpaired) electrons. The Morgan fingerprint density at radius 2 is 2.14 bits per heavy atom. The summed E-state index contributed by atoms with van der Waals surface area (Å²) < 4.78 is 4.12. The van der Waals surface area contributed by atoms with Crippen LogP contribution in [0.1, 0.15) is 32.4 Å². The lowest BCUT2D eigenvalue weighted by molar-refractivity contribution is 0.0247. The highest BCUT2D eigenvalue weighted by atomic mass is 79.9. The Hall–Kier alpha value is -0.270. The van der Waals surface area contributed by atoms with Crippen LogP contribution in [0, 0.1) is 0 Å². The predicted molar refractivity (Wildman–Crippen MR) is 95.2 cm³/mol. The number of nitrogens with one attached hydrogen (secondary N) is 1. The molecule has 3 nitrogen and oxygen atoms in total. The summed E-state index contributed by atoms with van der Waals surface area (Å²) in [6.07, 6.45) is 1.30. The van der Waals surface area contributed by atoms with E-state index in [9.17, 15) is 5.11 Å². The van der Waals surface area contributed by atoms with Crippen molar-refractivity contribution < 1.29 is 5.11 Å². The van der Waals surface area contributed by atoms with Crippen LogP contribution in [0.5, 0.6) is 0 Å². The van der Waals surface area contributed by atoms with Crippen LogP contribution in [0.2, 0.25) is 5.02 Å². The largest absolute Gasteiger partial charge is 0.384 e. The summed E-state index contributed by atoms with van der Waals surface area (Å²) in [5.74, 6) is 0. The van der Waals surface area contributed by atoms with Crippen LogP contribution in [-0.4, -0.2) is 10.1 Å². The number of hydrogen-bond acceptors (Lipinski definition) is 5. The van der Waals surface area contributed by atoms with Crippen LogP contribution in [0.25, 0.3) is 0 Å². The topological polar surface area (TPSA) is 45.1 Å². The van der Waals surface area contributed by atoms with E-state index in [1.165, 1.54) is 23.3 Å². The van der Waals surface area contributed by atoms with Crippen LogP contribution in [0.4, 0.5) is 5.13 Å². The van der Waals surface area contributed by atoms with Gasteiger partial charge in [-0.25, -0.2) is 4.98 Å². The van der Waals surface area contributed by atoms with Gasteiger partial charge >= 0.3 is 0 Å². The SMILES string of the molecule is CCC(O)(CC)c1csc(NSc2ccc(Br)cc2Cl)n1. The number of nitrogens with zero attached hydrogens (tertiary/aromatic N) is 1. The molecular weight excluding hydrogens is 392 g/mol. The van der Waals surface area contributed by atoms with Gasteiger partial charge in [0, 0.05) is 14.7 Å². The number of thiazole rings is 1. The maximum Gasteiger partial charge on any atom is 0.193 e. The predicted octanol–water partition coefficient (Wildman–Crippen LogP) is 5.69. The van der Waals surface area contributed by atoms with Crippen LogP contribution >= 0.6 is 50.8 Å². The summed E-state index contributed by atoms with van der Waals surface area (Å²) >= 11 is 12.4. The Kier molecular flexibility index (Phi) is 5.96. The molecule has 2 rings (SSSR count). The molecule has 0 amide bonds. The van der Waals surface area contributed by atoms with Gasteiger partial charge < -0.3 is 9.83 Å². The molecule has 0 aliphatic rings. The van der Waals surface area contributed by atoms with Crippen molar-refractivity contribution >= 4 is 55.9 Å². The number of rotatable bonds is 6. The van der Waals surface area contributed by atoms with Gasteiger partial charge in [0.2, 0.25) is 0 Å². The number of halogens is 2. The number of anilines is 1. The summed E-state index contributed by atoms with van der Waals surface area (Å²) in [6.45, 7) is 3.93. The Labute approximate surface area is 146 Å². The van der Waals surface area contributed by atoms with Gasteiger partial charge in [-0.05, 0) is 43.0 Å². The van der Waals surface area contributed by atoms with Crippen molar-refractivity contribution in [3.8, 4) is 0 Å². The summed E-state index contributed by atoms with van der Waals surface area (Å²) in [5.41, 5.74) is -0.112. The van der Waals surface area contributed by atoms with E-state index in [0.29, 0.717) is 17.9 Å². The van der Waals surface area contributed by atoms with Crippen molar-refractivity contribution in [2.45, 2.75) is 37.2 Å². The first kappa shape index (κ1) is 17.1. The molecule has 0 atom stereocenters. The minimum Gasteiger partial charge on any atom is -0.384 e. The summed E-state index contributed by atoms with van der Waals surface area (Å²) in [7, 11) is 0. The van der Waals surface area contributed by atoms with Crippen molar-refractivity contribution in [3.63, 3.8) is 0 Å². The first-order valence-electron chi connectivity index (χ1n) is 6.54. The molecule has 114 valence electrons. The lowest BCUT2D eigenvalue weighted by atomic mass is 9.94. The van der Waals surface area contributed by atoms with Gasteiger partial charge in [-0.3, -0.25) is 0 Å². The van der Waals surface area contributed by atoms with E-state index >= 15 is 0 Å². The summed E-state index contributed by atoms with van der Waals surface area (Å²) in [6, 6.07) is 5.73. The van der Waals surface area contributed by atoms with Gasteiger partial charge in [-0.2, -0.15) is 0 Å². The fraction of sp³-hybridized carbons (Fsp3) is 0.357. The Morgan fingerprint density at radius 1 is 1.43 bits per heavy atom. The quantitative estimate of drug-likeness (QED) is 0.604. The zero-order valence-electron chi connectivity index (χ0n) is 11.7. The Bertz CT molecular complexity index is 617. The van der Waals surface area contributed by atoms with Gasteiger partial charge in [0.15, 0.2) is 5.13 Å². The zero-order chi connectivity index (χ0) is 15.5. The molecule has 0 fully saturated rings. The molecule has 7 heteroatoms. The van der Waals surface area contributed by atoms with Crippen molar-refractivity contribution in [2.24, 2.45) is 0 Å². The van der Waals surface area contributed by atoms with Gasteiger partial charge in [-0.15, -0.1) is 11.3 Å². The van der Waals surface area contributed by atoms with E-state index in [1.54, 1.807) is 0 Å². The second-order valence-corrected chi connectivity index (χ2v) is 7.58. The molecule has 0 bridgehead atoms. The zero-order valence-corrected chi connectivity index (χ0v) is 15.7. The molecule has 0 aliphatic heterocycles. The summed E-state index contributed by atoms with van der Waals surface area (Å²) in [4.78, 5) is 5.40. The maximum absolute atomic E-state index is 10.5. The highest BCUT2D eigenvalue weighted by Gasteiger charge is 2.27. The van der Waals surface area contributed by atoms with Crippen LogP contribution in [0.3, 0.4) is 0 Å². The molecule has 1 aromatic carbocycles. The van der Waals surface area contributed by atoms with Crippen molar-refractivity contribution in [1.82, 2.24) is 4.98 Å². The van der Waals surface area contributed by atoms with Gasteiger partial charge in [0.25, 0.3) is 0 Å². The van der Waals surface area contributed by atoms with Crippen molar-refractivity contribution in [2.75, 3.05) is 4.72 Å². The van der Waals surface area contributed by atoms with Crippen LogP contribution in [-0.2, 0) is 5.60 Å². The maximum atomic E-state index is 10.5. The second kappa shape index (κ2) is 7.33. The van der Waals surface area contributed by atoms with E-state index in [2.05, 4.69) is 25.6 Å². The average molecular weight is 408 g/mol. The molecule has 21 heavy (non-hydrogen) atoms. The summed E-state index contributed by atoms with van der Waals surface area (Å²) in [5, 5.41) is 13.8. The third-order valence-electron chi connectivity index (χ3n) is 3.29. The molecule has 1 heterocycles. The van der Waals surface area contributed by atoms with Crippen LogP contribution in [0.15, 0.2) is 32.9 Å². The van der Waals surface area contributed by atoms with E-state index in [4.69, 9.17) is 11.6 Å². The fourth-order valence-corrected chi connectivity index (χ4v) is 4.09. The fourth-order valence-electron chi connectivity index (χ4n) is 1.80. The monoisotopic (exact) mass is 406 g/mol. The third-order valence-corrected chi connectivity index (χ3v) is 5.97. The molecule has 1 aromatic heterocycles. The number of aromatic nitrogens is 1.